The first-order valence-corrected chi connectivity index (χ1v) is 8.20. The zero-order valence-corrected chi connectivity index (χ0v) is 14.4. The van der Waals surface area contributed by atoms with Crippen molar-refractivity contribution in [3.63, 3.8) is 0 Å². The number of likely N-dealkylation sites (tertiary alicyclic amines) is 1. The SMILES string of the molecule is COc1ncccc1NC(=O)[C@H]1CC(=O)N(Cc2ccc(C)cc2)C1. The summed E-state index contributed by atoms with van der Waals surface area (Å²) in [5, 5.41) is 2.81. The van der Waals surface area contributed by atoms with Crippen LogP contribution in [0.5, 0.6) is 5.88 Å². The highest BCUT2D eigenvalue weighted by molar-refractivity contribution is 5.97. The molecule has 1 aliphatic rings. The average Bonchev–Trinajstić information content (AvgIpc) is 2.98. The first-order chi connectivity index (χ1) is 12.1. The maximum absolute atomic E-state index is 12.5. The first-order valence-electron chi connectivity index (χ1n) is 8.20. The number of carbonyl (C=O) groups is 2. The number of ether oxygens (including phenoxy) is 1. The molecule has 1 aromatic heterocycles. The van der Waals surface area contributed by atoms with Gasteiger partial charge in [0.15, 0.2) is 0 Å². The van der Waals surface area contributed by atoms with Crippen LogP contribution in [0.1, 0.15) is 17.5 Å². The van der Waals surface area contributed by atoms with Crippen LogP contribution in [-0.4, -0.2) is 35.4 Å². The van der Waals surface area contributed by atoms with Crippen LogP contribution in [0.4, 0.5) is 5.69 Å². The third-order valence-electron chi connectivity index (χ3n) is 4.30. The van der Waals surface area contributed by atoms with Gasteiger partial charge in [0.2, 0.25) is 17.7 Å². The molecule has 25 heavy (non-hydrogen) atoms. The molecule has 0 saturated carbocycles. The van der Waals surface area contributed by atoms with Crippen LogP contribution in [0.2, 0.25) is 0 Å². The topological polar surface area (TPSA) is 71.5 Å². The van der Waals surface area contributed by atoms with Gasteiger partial charge >= 0.3 is 0 Å². The smallest absolute Gasteiger partial charge is 0.237 e. The minimum absolute atomic E-state index is 0.00104. The van der Waals surface area contributed by atoms with Crippen molar-refractivity contribution >= 4 is 17.5 Å². The third kappa shape index (κ3) is 3.96. The van der Waals surface area contributed by atoms with E-state index < -0.39 is 0 Å². The number of nitrogens with zero attached hydrogens (tertiary/aromatic N) is 2. The molecule has 6 nitrogen and oxygen atoms in total. The number of rotatable bonds is 5. The molecule has 0 spiro atoms. The number of pyridine rings is 1. The minimum Gasteiger partial charge on any atom is -0.480 e. The van der Waals surface area contributed by atoms with Crippen LogP contribution in [-0.2, 0) is 16.1 Å². The molecular formula is C19H21N3O3. The van der Waals surface area contributed by atoms with Gasteiger partial charge in [-0.25, -0.2) is 4.98 Å². The van der Waals surface area contributed by atoms with Gasteiger partial charge in [0.05, 0.1) is 13.0 Å². The van der Waals surface area contributed by atoms with Crippen molar-refractivity contribution in [3.05, 3.63) is 53.7 Å². The minimum atomic E-state index is -0.372. The monoisotopic (exact) mass is 339 g/mol. The Balaban J connectivity index is 1.63. The average molecular weight is 339 g/mol. The summed E-state index contributed by atoms with van der Waals surface area (Å²) < 4.78 is 5.14. The standard InChI is InChI=1S/C19H21N3O3/c1-13-5-7-14(8-6-13)11-22-12-15(10-17(22)23)18(24)21-16-4-3-9-20-19(16)25-2/h3-9,15H,10-12H2,1-2H3,(H,21,24)/t15-/m0/s1. The Hall–Kier alpha value is -2.89. The number of anilines is 1. The highest BCUT2D eigenvalue weighted by atomic mass is 16.5. The van der Waals surface area contributed by atoms with E-state index in [-0.39, 0.29) is 24.2 Å². The van der Waals surface area contributed by atoms with E-state index in [0.717, 1.165) is 5.56 Å². The van der Waals surface area contributed by atoms with Crippen LogP contribution >= 0.6 is 0 Å². The number of aryl methyl sites for hydroxylation is 1. The van der Waals surface area contributed by atoms with Gasteiger partial charge in [0.25, 0.3) is 0 Å². The van der Waals surface area contributed by atoms with E-state index in [2.05, 4.69) is 10.3 Å². The number of hydrogen-bond acceptors (Lipinski definition) is 4. The van der Waals surface area contributed by atoms with E-state index in [1.165, 1.54) is 12.7 Å². The molecule has 2 aromatic rings. The van der Waals surface area contributed by atoms with E-state index in [1.54, 1.807) is 23.2 Å². The van der Waals surface area contributed by atoms with Crippen molar-refractivity contribution in [1.82, 2.24) is 9.88 Å². The summed E-state index contributed by atoms with van der Waals surface area (Å²) in [6.07, 6.45) is 1.82. The summed E-state index contributed by atoms with van der Waals surface area (Å²) in [7, 11) is 1.50. The van der Waals surface area contributed by atoms with E-state index >= 15 is 0 Å². The quantitative estimate of drug-likeness (QED) is 0.908. The molecular weight excluding hydrogens is 318 g/mol. The number of aromatic nitrogens is 1. The summed E-state index contributed by atoms with van der Waals surface area (Å²) in [4.78, 5) is 30.5. The summed E-state index contributed by atoms with van der Waals surface area (Å²) in [5.74, 6) is -0.204. The molecule has 130 valence electrons. The molecule has 3 rings (SSSR count). The van der Waals surface area contributed by atoms with Crippen molar-refractivity contribution in [2.24, 2.45) is 5.92 Å². The van der Waals surface area contributed by atoms with Gasteiger partial charge in [-0.05, 0) is 24.6 Å². The lowest BCUT2D eigenvalue weighted by Gasteiger charge is -2.17. The van der Waals surface area contributed by atoms with Gasteiger partial charge < -0.3 is 15.0 Å². The maximum atomic E-state index is 12.5. The first kappa shape index (κ1) is 17.0. The molecule has 1 aromatic carbocycles. The fraction of sp³-hybridized carbons (Fsp3) is 0.316. The van der Waals surface area contributed by atoms with Crippen molar-refractivity contribution in [2.75, 3.05) is 19.0 Å². The van der Waals surface area contributed by atoms with E-state index in [1.807, 2.05) is 31.2 Å². The Morgan fingerprint density at radius 1 is 1.32 bits per heavy atom. The van der Waals surface area contributed by atoms with E-state index in [0.29, 0.717) is 24.7 Å². The predicted molar refractivity (Wildman–Crippen MR) is 94.1 cm³/mol. The van der Waals surface area contributed by atoms with Crippen LogP contribution in [0.3, 0.4) is 0 Å². The molecule has 0 aliphatic carbocycles. The largest absolute Gasteiger partial charge is 0.480 e. The fourth-order valence-electron chi connectivity index (χ4n) is 2.90. The van der Waals surface area contributed by atoms with Gasteiger partial charge in [-0.2, -0.15) is 0 Å². The second-order valence-corrected chi connectivity index (χ2v) is 6.21. The number of nitrogens with one attached hydrogen (secondary N) is 1. The van der Waals surface area contributed by atoms with Crippen molar-refractivity contribution in [1.29, 1.82) is 0 Å². The molecule has 1 atom stereocenters. The number of benzene rings is 1. The summed E-state index contributed by atoms with van der Waals surface area (Å²) in [5.41, 5.74) is 2.76. The van der Waals surface area contributed by atoms with Crippen LogP contribution < -0.4 is 10.1 Å². The third-order valence-corrected chi connectivity index (χ3v) is 4.30. The molecule has 0 radical (unpaired) electrons. The molecule has 2 heterocycles. The number of carbonyl (C=O) groups excluding carboxylic acids is 2. The molecule has 1 saturated heterocycles. The number of methoxy groups -OCH3 is 1. The Kier molecular flexibility index (Phi) is 4.97. The Morgan fingerprint density at radius 2 is 2.08 bits per heavy atom. The van der Waals surface area contributed by atoms with Crippen LogP contribution in [0, 0.1) is 12.8 Å². The summed E-state index contributed by atoms with van der Waals surface area (Å²) in [6.45, 7) is 2.97. The highest BCUT2D eigenvalue weighted by Gasteiger charge is 2.34. The number of amides is 2. The van der Waals surface area contributed by atoms with E-state index in [9.17, 15) is 9.59 Å². The second kappa shape index (κ2) is 7.34. The molecule has 0 unspecified atom stereocenters. The molecule has 0 bridgehead atoms. The van der Waals surface area contributed by atoms with Gasteiger partial charge in [-0.3, -0.25) is 9.59 Å². The summed E-state index contributed by atoms with van der Waals surface area (Å²) >= 11 is 0. The van der Waals surface area contributed by atoms with Crippen molar-refractivity contribution in [3.8, 4) is 5.88 Å². The van der Waals surface area contributed by atoms with Gasteiger partial charge in [-0.1, -0.05) is 29.8 Å². The lowest BCUT2D eigenvalue weighted by molar-refractivity contribution is -0.128. The number of hydrogen-bond donors (Lipinski definition) is 1. The lowest BCUT2D eigenvalue weighted by atomic mass is 10.1. The Labute approximate surface area is 146 Å². The Bertz CT molecular complexity index is 774. The highest BCUT2D eigenvalue weighted by Crippen LogP contribution is 2.25. The Morgan fingerprint density at radius 3 is 2.80 bits per heavy atom. The normalized spacial score (nSPS) is 16.8. The second-order valence-electron chi connectivity index (χ2n) is 6.21. The molecule has 6 heteroatoms. The fourth-order valence-corrected chi connectivity index (χ4v) is 2.90. The molecule has 1 aliphatic heterocycles. The molecule has 1 fully saturated rings. The zero-order valence-electron chi connectivity index (χ0n) is 14.4. The van der Waals surface area contributed by atoms with Crippen molar-refractivity contribution in [2.45, 2.75) is 19.9 Å². The van der Waals surface area contributed by atoms with Gasteiger partial charge in [0, 0.05) is 25.7 Å². The zero-order chi connectivity index (χ0) is 17.8. The lowest BCUT2D eigenvalue weighted by Crippen LogP contribution is -2.28. The molecule has 2 amide bonds. The summed E-state index contributed by atoms with van der Waals surface area (Å²) in [6, 6.07) is 11.5. The van der Waals surface area contributed by atoms with E-state index in [4.69, 9.17) is 4.74 Å². The van der Waals surface area contributed by atoms with Crippen molar-refractivity contribution < 1.29 is 14.3 Å². The van der Waals surface area contributed by atoms with Gasteiger partial charge in [-0.15, -0.1) is 0 Å². The van der Waals surface area contributed by atoms with Gasteiger partial charge in [0.1, 0.15) is 5.69 Å². The maximum Gasteiger partial charge on any atom is 0.237 e. The molecule has 1 N–H and O–H groups in total. The van der Waals surface area contributed by atoms with Crippen LogP contribution in [0.25, 0.3) is 0 Å². The predicted octanol–water partition coefficient (Wildman–Crippen LogP) is 2.39. The van der Waals surface area contributed by atoms with Crippen LogP contribution in [0.15, 0.2) is 42.6 Å².